The molecule has 6 heteroatoms. The van der Waals surface area contributed by atoms with Gasteiger partial charge in [0.15, 0.2) is 0 Å². The second-order valence-corrected chi connectivity index (χ2v) is 5.22. The summed E-state index contributed by atoms with van der Waals surface area (Å²) in [6.07, 6.45) is 1.31. The molecule has 0 aliphatic heterocycles. The molecule has 1 aromatic carbocycles. The first-order valence-corrected chi connectivity index (χ1v) is 6.76. The number of nitriles is 1. The molecule has 0 amide bonds. The van der Waals surface area contributed by atoms with E-state index in [0.29, 0.717) is 12.4 Å². The van der Waals surface area contributed by atoms with Crippen molar-refractivity contribution in [2.45, 2.75) is 6.54 Å². The van der Waals surface area contributed by atoms with E-state index in [1.165, 1.54) is 17.7 Å². The highest BCUT2D eigenvalue weighted by molar-refractivity contribution is 7.12. The van der Waals surface area contributed by atoms with Gasteiger partial charge in [-0.2, -0.15) is 5.26 Å². The molecule has 20 heavy (non-hydrogen) atoms. The Morgan fingerprint density at radius 3 is 2.70 bits per heavy atom. The van der Waals surface area contributed by atoms with Crippen molar-refractivity contribution in [3.63, 3.8) is 0 Å². The lowest BCUT2D eigenvalue weighted by Crippen LogP contribution is -1.96. The van der Waals surface area contributed by atoms with Gasteiger partial charge in [0.1, 0.15) is 10.9 Å². The molecular weight excluding hydrogens is 272 g/mol. The van der Waals surface area contributed by atoms with E-state index in [4.69, 9.17) is 9.68 Å². The summed E-state index contributed by atoms with van der Waals surface area (Å²) in [5.74, 6) is 0.508. The third kappa shape index (κ3) is 2.68. The maximum Gasteiger partial charge on any atom is 0.247 e. The van der Waals surface area contributed by atoms with Crippen molar-refractivity contribution in [1.82, 2.24) is 10.2 Å². The van der Waals surface area contributed by atoms with Crippen molar-refractivity contribution in [2.24, 2.45) is 0 Å². The fourth-order valence-corrected chi connectivity index (χ4v) is 2.50. The van der Waals surface area contributed by atoms with E-state index in [-0.39, 0.29) is 0 Å². The summed E-state index contributed by atoms with van der Waals surface area (Å²) >= 11 is 1.50. The first-order valence-electron chi connectivity index (χ1n) is 5.94. The normalized spacial score (nSPS) is 10.2. The molecule has 98 valence electrons. The topological polar surface area (TPSA) is 74.7 Å². The number of thiophene rings is 1. The van der Waals surface area contributed by atoms with Gasteiger partial charge >= 0.3 is 0 Å². The fraction of sp³-hybridized carbons (Fsp3) is 0.0714. The van der Waals surface area contributed by atoms with Crippen molar-refractivity contribution < 1.29 is 4.42 Å². The maximum atomic E-state index is 8.78. The van der Waals surface area contributed by atoms with Gasteiger partial charge in [-0.25, -0.2) is 0 Å². The minimum absolute atomic E-state index is 0.508. The fourth-order valence-electron chi connectivity index (χ4n) is 1.75. The van der Waals surface area contributed by atoms with E-state index in [1.807, 2.05) is 36.4 Å². The summed E-state index contributed by atoms with van der Waals surface area (Å²) in [4.78, 5) is 1.86. The third-order valence-corrected chi connectivity index (χ3v) is 3.72. The monoisotopic (exact) mass is 282 g/mol. The molecule has 0 unspecified atom stereocenters. The SMILES string of the molecule is N#Cc1ccc(CNc2ccc(-c3nnco3)cc2)s1. The quantitative estimate of drug-likeness (QED) is 0.794. The van der Waals surface area contributed by atoms with Crippen molar-refractivity contribution in [3.8, 4) is 17.5 Å². The summed E-state index contributed by atoms with van der Waals surface area (Å²) < 4.78 is 5.13. The summed E-state index contributed by atoms with van der Waals surface area (Å²) in [5, 5.41) is 19.6. The number of aromatic nitrogens is 2. The van der Waals surface area contributed by atoms with Crippen molar-refractivity contribution in [2.75, 3.05) is 5.32 Å². The Labute approximate surface area is 119 Å². The number of nitrogens with zero attached hydrogens (tertiary/aromatic N) is 3. The standard InChI is InChI=1S/C14H10N4OS/c15-7-12-5-6-13(20-12)8-16-11-3-1-10(2-4-11)14-18-17-9-19-14/h1-6,9,16H,8H2. The second kappa shape index (κ2) is 5.55. The van der Waals surface area contributed by atoms with Gasteiger partial charge in [-0.05, 0) is 36.4 Å². The highest BCUT2D eigenvalue weighted by atomic mass is 32.1. The Morgan fingerprint density at radius 2 is 2.05 bits per heavy atom. The number of rotatable bonds is 4. The van der Waals surface area contributed by atoms with Crippen LogP contribution in [-0.2, 0) is 6.54 Å². The Balaban J connectivity index is 1.65. The predicted octanol–water partition coefficient (Wildman–Crippen LogP) is 3.28. The first kappa shape index (κ1) is 12.4. The Bertz CT molecular complexity index is 725. The molecular formula is C14H10N4OS. The van der Waals surface area contributed by atoms with Gasteiger partial charge in [-0.3, -0.25) is 0 Å². The minimum Gasteiger partial charge on any atom is -0.423 e. The van der Waals surface area contributed by atoms with Crippen molar-refractivity contribution in [3.05, 3.63) is 52.5 Å². The van der Waals surface area contributed by atoms with Gasteiger partial charge < -0.3 is 9.73 Å². The van der Waals surface area contributed by atoms with E-state index in [1.54, 1.807) is 0 Å². The van der Waals surface area contributed by atoms with Crippen LogP contribution in [0.1, 0.15) is 9.75 Å². The summed E-state index contributed by atoms with van der Waals surface area (Å²) in [6.45, 7) is 0.701. The van der Waals surface area contributed by atoms with Crippen molar-refractivity contribution in [1.29, 1.82) is 5.26 Å². The van der Waals surface area contributed by atoms with Gasteiger partial charge in [-0.15, -0.1) is 21.5 Å². The summed E-state index contributed by atoms with van der Waals surface area (Å²) in [6, 6.07) is 13.7. The lowest BCUT2D eigenvalue weighted by Gasteiger charge is -2.04. The number of hydrogen-bond donors (Lipinski definition) is 1. The average molecular weight is 282 g/mol. The molecule has 1 N–H and O–H groups in total. The van der Waals surface area contributed by atoms with E-state index in [2.05, 4.69) is 21.6 Å². The van der Waals surface area contributed by atoms with E-state index < -0.39 is 0 Å². The van der Waals surface area contributed by atoms with Gasteiger partial charge in [0.2, 0.25) is 12.3 Å². The number of hydrogen-bond acceptors (Lipinski definition) is 6. The van der Waals surface area contributed by atoms with Crippen LogP contribution < -0.4 is 5.32 Å². The van der Waals surface area contributed by atoms with Crippen molar-refractivity contribution >= 4 is 17.0 Å². The van der Waals surface area contributed by atoms with Crippen LogP contribution >= 0.6 is 11.3 Å². The van der Waals surface area contributed by atoms with Gasteiger partial charge in [-0.1, -0.05) is 0 Å². The molecule has 2 heterocycles. The maximum absolute atomic E-state index is 8.78. The molecule has 2 aromatic heterocycles. The van der Waals surface area contributed by atoms with Gasteiger partial charge in [0.25, 0.3) is 0 Å². The molecule has 0 radical (unpaired) electrons. The van der Waals surface area contributed by atoms with Crippen LogP contribution in [-0.4, -0.2) is 10.2 Å². The largest absolute Gasteiger partial charge is 0.423 e. The summed E-state index contributed by atoms with van der Waals surface area (Å²) in [7, 11) is 0. The van der Waals surface area contributed by atoms with Gasteiger partial charge in [0.05, 0.1) is 0 Å². The Kier molecular flexibility index (Phi) is 3.44. The van der Waals surface area contributed by atoms with E-state index >= 15 is 0 Å². The molecule has 3 aromatic rings. The van der Waals surface area contributed by atoms with Crippen LogP contribution in [0.25, 0.3) is 11.5 Å². The average Bonchev–Trinajstić information content (AvgIpc) is 3.17. The zero-order valence-corrected chi connectivity index (χ0v) is 11.2. The predicted molar refractivity (Wildman–Crippen MR) is 76.1 cm³/mol. The highest BCUT2D eigenvalue weighted by Crippen LogP contribution is 2.20. The molecule has 0 aliphatic carbocycles. The number of anilines is 1. The van der Waals surface area contributed by atoms with Crippen LogP contribution in [0.3, 0.4) is 0 Å². The Hall–Kier alpha value is -2.65. The molecule has 0 saturated heterocycles. The highest BCUT2D eigenvalue weighted by Gasteiger charge is 2.03. The molecule has 0 bridgehead atoms. The number of nitrogens with one attached hydrogen (secondary N) is 1. The van der Waals surface area contributed by atoms with Crippen LogP contribution in [0.15, 0.2) is 47.2 Å². The zero-order valence-electron chi connectivity index (χ0n) is 10.4. The smallest absolute Gasteiger partial charge is 0.247 e. The minimum atomic E-state index is 0.508. The molecule has 0 atom stereocenters. The lowest BCUT2D eigenvalue weighted by molar-refractivity contribution is 0.568. The molecule has 0 spiro atoms. The van der Waals surface area contributed by atoms with Crippen LogP contribution in [0.2, 0.25) is 0 Å². The van der Waals surface area contributed by atoms with E-state index in [9.17, 15) is 0 Å². The van der Waals surface area contributed by atoms with Gasteiger partial charge in [0, 0.05) is 22.7 Å². The molecule has 0 saturated carbocycles. The van der Waals surface area contributed by atoms with Crippen LogP contribution in [0.4, 0.5) is 5.69 Å². The Morgan fingerprint density at radius 1 is 1.20 bits per heavy atom. The number of benzene rings is 1. The molecule has 0 aliphatic rings. The lowest BCUT2D eigenvalue weighted by atomic mass is 10.2. The van der Waals surface area contributed by atoms with Crippen LogP contribution in [0, 0.1) is 11.3 Å². The molecule has 0 fully saturated rings. The van der Waals surface area contributed by atoms with Crippen LogP contribution in [0.5, 0.6) is 0 Å². The van der Waals surface area contributed by atoms with E-state index in [0.717, 1.165) is 21.0 Å². The molecule has 5 nitrogen and oxygen atoms in total. The molecule has 3 rings (SSSR count). The summed E-state index contributed by atoms with van der Waals surface area (Å²) in [5.41, 5.74) is 1.89. The first-order chi connectivity index (χ1) is 9.85. The second-order valence-electron chi connectivity index (χ2n) is 4.05. The zero-order chi connectivity index (χ0) is 13.8. The third-order valence-electron chi connectivity index (χ3n) is 2.73.